The van der Waals surface area contributed by atoms with Crippen molar-refractivity contribution in [2.45, 2.75) is 0 Å². The van der Waals surface area contributed by atoms with E-state index in [1.165, 1.54) is 12.1 Å². The maximum atomic E-state index is 10.6. The second kappa shape index (κ2) is 6.56. The molecule has 0 saturated heterocycles. The average molecular weight is 285 g/mol. The lowest BCUT2D eigenvalue weighted by molar-refractivity contribution is -0.384. The molecule has 2 rings (SSSR count). The van der Waals surface area contributed by atoms with E-state index in [0.717, 1.165) is 16.9 Å². The van der Waals surface area contributed by atoms with Gasteiger partial charge in [-0.3, -0.25) is 10.1 Å². The van der Waals surface area contributed by atoms with E-state index in [1.807, 2.05) is 24.3 Å². The van der Waals surface area contributed by atoms with Gasteiger partial charge in [0.2, 0.25) is 0 Å². The number of benzene rings is 2. The van der Waals surface area contributed by atoms with E-state index in [1.54, 1.807) is 32.4 Å². The highest BCUT2D eigenvalue weighted by Gasteiger charge is 2.04. The van der Waals surface area contributed by atoms with Gasteiger partial charge >= 0.3 is 0 Å². The van der Waals surface area contributed by atoms with E-state index in [2.05, 4.69) is 0 Å². The Labute approximate surface area is 122 Å². The number of hydrogen-bond donors (Lipinski definition) is 0. The predicted molar refractivity (Wildman–Crippen MR) is 81.6 cm³/mol. The van der Waals surface area contributed by atoms with Crippen LogP contribution in [-0.4, -0.2) is 19.1 Å². The first-order valence-electron chi connectivity index (χ1n) is 6.28. The van der Waals surface area contributed by atoms with E-state index in [-0.39, 0.29) is 5.69 Å². The van der Waals surface area contributed by atoms with Gasteiger partial charge < -0.3 is 9.47 Å². The number of nitro benzene ring substituents is 1. The minimum absolute atomic E-state index is 0.0779. The van der Waals surface area contributed by atoms with Crippen LogP contribution in [0.4, 0.5) is 5.69 Å². The molecule has 0 aliphatic carbocycles. The summed E-state index contributed by atoms with van der Waals surface area (Å²) in [6.07, 6.45) is 3.76. The summed E-state index contributed by atoms with van der Waals surface area (Å²) in [4.78, 5) is 10.2. The first kappa shape index (κ1) is 14.6. The summed E-state index contributed by atoms with van der Waals surface area (Å²) in [5.74, 6) is 1.42. The normalized spacial score (nSPS) is 10.6. The van der Waals surface area contributed by atoms with Gasteiger partial charge in [-0.1, -0.05) is 12.2 Å². The van der Waals surface area contributed by atoms with E-state index >= 15 is 0 Å². The molecule has 0 spiro atoms. The molecule has 2 aromatic carbocycles. The molecular weight excluding hydrogens is 270 g/mol. The van der Waals surface area contributed by atoms with Crippen LogP contribution in [0.5, 0.6) is 11.5 Å². The molecule has 5 heteroatoms. The zero-order chi connectivity index (χ0) is 15.2. The number of rotatable bonds is 5. The standard InChI is InChI=1S/C16H15NO4/c1-20-15-10-7-13(16(11-15)21-2)6-3-12-4-8-14(9-5-12)17(18)19/h3-11H,1-2H3. The summed E-state index contributed by atoms with van der Waals surface area (Å²) in [5, 5.41) is 10.6. The van der Waals surface area contributed by atoms with Gasteiger partial charge in [0.05, 0.1) is 19.1 Å². The van der Waals surface area contributed by atoms with Gasteiger partial charge in [0.15, 0.2) is 0 Å². The third-order valence-corrected chi connectivity index (χ3v) is 3.00. The van der Waals surface area contributed by atoms with E-state index < -0.39 is 4.92 Å². The van der Waals surface area contributed by atoms with Gasteiger partial charge in [0.25, 0.3) is 5.69 Å². The molecule has 0 radical (unpaired) electrons. The van der Waals surface area contributed by atoms with Crippen LogP contribution in [0.15, 0.2) is 42.5 Å². The van der Waals surface area contributed by atoms with Crippen molar-refractivity contribution in [1.82, 2.24) is 0 Å². The van der Waals surface area contributed by atoms with Crippen LogP contribution in [0.3, 0.4) is 0 Å². The summed E-state index contributed by atoms with van der Waals surface area (Å²) in [6, 6.07) is 11.9. The molecule has 108 valence electrons. The Morgan fingerprint density at radius 3 is 2.29 bits per heavy atom. The third-order valence-electron chi connectivity index (χ3n) is 3.00. The summed E-state index contributed by atoms with van der Waals surface area (Å²) in [7, 11) is 3.19. The number of methoxy groups -OCH3 is 2. The fraction of sp³-hybridized carbons (Fsp3) is 0.125. The van der Waals surface area contributed by atoms with Crippen LogP contribution in [0, 0.1) is 10.1 Å². The molecular formula is C16H15NO4. The van der Waals surface area contributed by atoms with Gasteiger partial charge in [-0.05, 0) is 29.8 Å². The zero-order valence-electron chi connectivity index (χ0n) is 11.8. The molecule has 0 saturated carbocycles. The molecule has 2 aromatic rings. The molecule has 21 heavy (non-hydrogen) atoms. The maximum absolute atomic E-state index is 10.6. The average Bonchev–Trinajstić information content (AvgIpc) is 2.53. The summed E-state index contributed by atoms with van der Waals surface area (Å²) in [5.41, 5.74) is 1.85. The summed E-state index contributed by atoms with van der Waals surface area (Å²) >= 11 is 0. The van der Waals surface area contributed by atoms with Crippen LogP contribution >= 0.6 is 0 Å². The minimum atomic E-state index is -0.417. The fourth-order valence-electron chi connectivity index (χ4n) is 1.85. The molecule has 0 amide bonds. The molecule has 0 N–H and O–H groups in total. The van der Waals surface area contributed by atoms with Gasteiger partial charge in [0.1, 0.15) is 11.5 Å². The minimum Gasteiger partial charge on any atom is -0.497 e. The largest absolute Gasteiger partial charge is 0.497 e. The topological polar surface area (TPSA) is 61.6 Å². The zero-order valence-corrected chi connectivity index (χ0v) is 11.8. The van der Waals surface area contributed by atoms with Crippen LogP contribution in [0.2, 0.25) is 0 Å². The maximum Gasteiger partial charge on any atom is 0.269 e. The smallest absolute Gasteiger partial charge is 0.269 e. The number of nitro groups is 1. The molecule has 0 aliphatic heterocycles. The van der Waals surface area contributed by atoms with E-state index in [9.17, 15) is 10.1 Å². The highest BCUT2D eigenvalue weighted by Crippen LogP contribution is 2.26. The summed E-state index contributed by atoms with van der Waals surface area (Å²) < 4.78 is 10.4. The summed E-state index contributed by atoms with van der Waals surface area (Å²) in [6.45, 7) is 0. The Morgan fingerprint density at radius 1 is 1.00 bits per heavy atom. The van der Waals surface area contributed by atoms with Crippen molar-refractivity contribution in [3.05, 3.63) is 63.7 Å². The van der Waals surface area contributed by atoms with Crippen molar-refractivity contribution < 1.29 is 14.4 Å². The number of nitrogens with zero attached hydrogens (tertiary/aromatic N) is 1. The predicted octanol–water partition coefficient (Wildman–Crippen LogP) is 3.78. The Bertz CT molecular complexity index is 662. The number of non-ortho nitro benzene ring substituents is 1. The van der Waals surface area contributed by atoms with Gasteiger partial charge in [-0.2, -0.15) is 0 Å². The lowest BCUT2D eigenvalue weighted by Gasteiger charge is -2.07. The van der Waals surface area contributed by atoms with Gasteiger partial charge in [-0.15, -0.1) is 0 Å². The van der Waals surface area contributed by atoms with E-state index in [4.69, 9.17) is 9.47 Å². The number of hydrogen-bond acceptors (Lipinski definition) is 4. The fourth-order valence-corrected chi connectivity index (χ4v) is 1.85. The molecule has 0 fully saturated rings. The second-order valence-corrected chi connectivity index (χ2v) is 4.29. The molecule has 0 aliphatic rings. The van der Waals surface area contributed by atoms with Gasteiger partial charge in [0, 0.05) is 23.8 Å². The van der Waals surface area contributed by atoms with Crippen LogP contribution in [0.25, 0.3) is 12.2 Å². The Kier molecular flexibility index (Phi) is 4.56. The molecule has 0 bridgehead atoms. The number of ether oxygens (including phenoxy) is 2. The first-order valence-corrected chi connectivity index (χ1v) is 6.28. The molecule has 0 unspecified atom stereocenters. The van der Waals surface area contributed by atoms with Crippen molar-refractivity contribution >= 4 is 17.8 Å². The monoisotopic (exact) mass is 285 g/mol. The molecule has 5 nitrogen and oxygen atoms in total. The Morgan fingerprint density at radius 2 is 1.71 bits per heavy atom. The van der Waals surface area contributed by atoms with Crippen molar-refractivity contribution in [3.8, 4) is 11.5 Å². The lowest BCUT2D eigenvalue weighted by atomic mass is 10.1. The third kappa shape index (κ3) is 3.60. The molecule has 0 atom stereocenters. The second-order valence-electron chi connectivity index (χ2n) is 4.29. The SMILES string of the molecule is COc1ccc(C=Cc2ccc([N+](=O)[O-])cc2)c(OC)c1. The molecule has 0 aromatic heterocycles. The quantitative estimate of drug-likeness (QED) is 0.476. The highest BCUT2D eigenvalue weighted by molar-refractivity contribution is 5.73. The highest BCUT2D eigenvalue weighted by atomic mass is 16.6. The first-order chi connectivity index (χ1) is 10.1. The van der Waals surface area contributed by atoms with Crippen molar-refractivity contribution in [2.24, 2.45) is 0 Å². The van der Waals surface area contributed by atoms with Crippen LogP contribution < -0.4 is 9.47 Å². The van der Waals surface area contributed by atoms with Crippen LogP contribution in [0.1, 0.15) is 11.1 Å². The Balaban J connectivity index is 2.22. The van der Waals surface area contributed by atoms with Crippen molar-refractivity contribution in [2.75, 3.05) is 14.2 Å². The van der Waals surface area contributed by atoms with Crippen LogP contribution in [-0.2, 0) is 0 Å². The molecule has 0 heterocycles. The Hall–Kier alpha value is -2.82. The van der Waals surface area contributed by atoms with Crippen molar-refractivity contribution in [1.29, 1.82) is 0 Å². The van der Waals surface area contributed by atoms with Gasteiger partial charge in [-0.25, -0.2) is 0 Å². The van der Waals surface area contributed by atoms with E-state index in [0.29, 0.717) is 5.75 Å². The van der Waals surface area contributed by atoms with Crippen molar-refractivity contribution in [3.63, 3.8) is 0 Å². The lowest BCUT2D eigenvalue weighted by Crippen LogP contribution is -1.89.